The Kier molecular flexibility index (Phi) is 4.63. The number of ether oxygens (including phenoxy) is 1. The Morgan fingerprint density at radius 1 is 1.60 bits per heavy atom. The van der Waals surface area contributed by atoms with E-state index in [4.69, 9.17) is 4.74 Å². The largest absolute Gasteiger partial charge is 0.501 e. The Bertz CT molecular complexity index is 125. The Morgan fingerprint density at radius 2 is 2.20 bits per heavy atom. The lowest BCUT2D eigenvalue weighted by molar-refractivity contribution is -0.112. The molecule has 0 heterocycles. The van der Waals surface area contributed by atoms with Gasteiger partial charge in [-0.25, -0.2) is 0 Å². The van der Waals surface area contributed by atoms with Crippen LogP contribution in [-0.2, 0) is 9.53 Å². The van der Waals surface area contributed by atoms with Crippen molar-refractivity contribution in [1.82, 2.24) is 0 Å². The smallest absolute Gasteiger partial charge is 0.155 e. The molecule has 10 heavy (non-hydrogen) atoms. The molecule has 0 aliphatic heterocycles. The van der Waals surface area contributed by atoms with Crippen LogP contribution in [0.1, 0.15) is 20.8 Å². The summed E-state index contributed by atoms with van der Waals surface area (Å²) >= 11 is 0. The molecular formula is C8H14O2. The van der Waals surface area contributed by atoms with Gasteiger partial charge in [-0.3, -0.25) is 4.79 Å². The van der Waals surface area contributed by atoms with Crippen molar-refractivity contribution in [2.75, 3.05) is 6.61 Å². The number of rotatable bonds is 4. The van der Waals surface area contributed by atoms with Crippen LogP contribution in [0, 0.1) is 5.92 Å². The Hall–Kier alpha value is -0.790. The van der Waals surface area contributed by atoms with Gasteiger partial charge in [0.1, 0.15) is 0 Å². The molecule has 58 valence electrons. The van der Waals surface area contributed by atoms with E-state index in [9.17, 15) is 4.79 Å². The molecular weight excluding hydrogens is 128 g/mol. The van der Waals surface area contributed by atoms with Crippen molar-refractivity contribution < 1.29 is 9.53 Å². The number of allylic oxidation sites excluding steroid dienone is 1. The average Bonchev–Trinajstić information content (AvgIpc) is 1.79. The second kappa shape index (κ2) is 5.03. The third-order valence-corrected chi connectivity index (χ3v) is 0.829. The normalized spacial score (nSPS) is 10.8. The van der Waals surface area contributed by atoms with Gasteiger partial charge in [-0.15, -0.1) is 0 Å². The van der Waals surface area contributed by atoms with E-state index in [0.717, 1.165) is 0 Å². The minimum atomic E-state index is 0.0174. The van der Waals surface area contributed by atoms with E-state index in [2.05, 4.69) is 13.8 Å². The van der Waals surface area contributed by atoms with Gasteiger partial charge in [0.15, 0.2) is 5.78 Å². The summed E-state index contributed by atoms with van der Waals surface area (Å²) in [5, 5.41) is 0. The van der Waals surface area contributed by atoms with Crippen molar-refractivity contribution in [3.8, 4) is 0 Å². The molecule has 0 fully saturated rings. The van der Waals surface area contributed by atoms with E-state index in [1.54, 1.807) is 0 Å². The van der Waals surface area contributed by atoms with Crippen LogP contribution in [0.5, 0.6) is 0 Å². The van der Waals surface area contributed by atoms with Crippen LogP contribution in [0.15, 0.2) is 12.3 Å². The van der Waals surface area contributed by atoms with E-state index in [-0.39, 0.29) is 5.78 Å². The third-order valence-electron chi connectivity index (χ3n) is 0.829. The molecule has 0 atom stereocenters. The minimum absolute atomic E-state index is 0.0174. The van der Waals surface area contributed by atoms with Crippen molar-refractivity contribution in [2.24, 2.45) is 5.92 Å². The molecule has 0 rings (SSSR count). The fraction of sp³-hybridized carbons (Fsp3) is 0.625. The van der Waals surface area contributed by atoms with Gasteiger partial charge in [0.2, 0.25) is 0 Å². The highest BCUT2D eigenvalue weighted by molar-refractivity contribution is 5.86. The van der Waals surface area contributed by atoms with Crippen molar-refractivity contribution in [1.29, 1.82) is 0 Å². The number of hydrogen-bond donors (Lipinski definition) is 0. The quantitative estimate of drug-likeness (QED) is 0.441. The van der Waals surface area contributed by atoms with Crippen LogP contribution < -0.4 is 0 Å². The van der Waals surface area contributed by atoms with Gasteiger partial charge in [-0.2, -0.15) is 0 Å². The van der Waals surface area contributed by atoms with Gasteiger partial charge < -0.3 is 4.74 Å². The van der Waals surface area contributed by atoms with Crippen LogP contribution >= 0.6 is 0 Å². The molecule has 0 radical (unpaired) electrons. The lowest BCUT2D eigenvalue weighted by atomic mass is 10.2. The molecule has 0 aromatic rings. The Labute approximate surface area is 61.9 Å². The molecule has 0 saturated carbocycles. The van der Waals surface area contributed by atoms with Gasteiger partial charge in [-0.05, 0) is 12.8 Å². The summed E-state index contributed by atoms with van der Waals surface area (Å²) in [6.45, 7) is 6.28. The van der Waals surface area contributed by atoms with Gasteiger partial charge >= 0.3 is 0 Å². The SMILES string of the molecule is CC(=O)/C=C/OCC(C)C. The number of carbonyl (C=O) groups excluding carboxylic acids is 1. The van der Waals surface area contributed by atoms with Crippen LogP contribution in [0.25, 0.3) is 0 Å². The maximum absolute atomic E-state index is 10.3. The summed E-state index contributed by atoms with van der Waals surface area (Å²) in [5.41, 5.74) is 0. The van der Waals surface area contributed by atoms with Gasteiger partial charge in [-0.1, -0.05) is 13.8 Å². The standard InChI is InChI=1S/C8H14O2/c1-7(2)6-10-5-4-8(3)9/h4-5,7H,6H2,1-3H3/b5-4+. The second-order valence-electron chi connectivity index (χ2n) is 2.64. The van der Waals surface area contributed by atoms with Gasteiger partial charge in [0, 0.05) is 6.08 Å². The summed E-state index contributed by atoms with van der Waals surface area (Å²) in [4.78, 5) is 10.3. The molecule has 0 aromatic carbocycles. The third kappa shape index (κ3) is 7.21. The van der Waals surface area contributed by atoms with Gasteiger partial charge in [0.05, 0.1) is 12.9 Å². The van der Waals surface area contributed by atoms with Crippen molar-refractivity contribution in [3.05, 3.63) is 12.3 Å². The first-order chi connectivity index (χ1) is 4.63. The van der Waals surface area contributed by atoms with Crippen LogP contribution in [0.3, 0.4) is 0 Å². The molecule has 0 unspecified atom stereocenters. The molecule has 0 aliphatic rings. The zero-order valence-corrected chi connectivity index (χ0v) is 6.76. The lowest BCUT2D eigenvalue weighted by Gasteiger charge is -2.01. The maximum Gasteiger partial charge on any atom is 0.155 e. The maximum atomic E-state index is 10.3. The van der Waals surface area contributed by atoms with Gasteiger partial charge in [0.25, 0.3) is 0 Å². The van der Waals surface area contributed by atoms with E-state index < -0.39 is 0 Å². The van der Waals surface area contributed by atoms with E-state index in [0.29, 0.717) is 12.5 Å². The lowest BCUT2D eigenvalue weighted by Crippen LogP contribution is -1.96. The molecule has 0 N–H and O–H groups in total. The molecule has 0 saturated heterocycles. The molecule has 2 nitrogen and oxygen atoms in total. The first kappa shape index (κ1) is 9.21. The minimum Gasteiger partial charge on any atom is -0.501 e. The number of ketones is 1. The summed E-state index contributed by atoms with van der Waals surface area (Å²) in [6, 6.07) is 0. The first-order valence-electron chi connectivity index (χ1n) is 3.41. The highest BCUT2D eigenvalue weighted by atomic mass is 16.5. The highest BCUT2D eigenvalue weighted by Gasteiger charge is 1.89. The number of hydrogen-bond acceptors (Lipinski definition) is 2. The van der Waals surface area contributed by atoms with Crippen molar-refractivity contribution >= 4 is 5.78 Å². The molecule has 0 bridgehead atoms. The molecule has 2 heteroatoms. The van der Waals surface area contributed by atoms with Crippen LogP contribution in [0.2, 0.25) is 0 Å². The van der Waals surface area contributed by atoms with E-state index >= 15 is 0 Å². The van der Waals surface area contributed by atoms with E-state index in [1.165, 1.54) is 19.3 Å². The molecule has 0 spiro atoms. The van der Waals surface area contributed by atoms with E-state index in [1.807, 2.05) is 0 Å². The fourth-order valence-corrected chi connectivity index (χ4v) is 0.392. The van der Waals surface area contributed by atoms with Crippen LogP contribution in [-0.4, -0.2) is 12.4 Å². The topological polar surface area (TPSA) is 26.3 Å². The summed E-state index contributed by atoms with van der Waals surface area (Å²) in [6.07, 6.45) is 2.87. The van der Waals surface area contributed by atoms with Crippen molar-refractivity contribution in [3.63, 3.8) is 0 Å². The first-order valence-corrected chi connectivity index (χ1v) is 3.41. The van der Waals surface area contributed by atoms with Crippen LogP contribution in [0.4, 0.5) is 0 Å². The van der Waals surface area contributed by atoms with Crippen molar-refractivity contribution in [2.45, 2.75) is 20.8 Å². The molecule has 0 amide bonds. The zero-order valence-electron chi connectivity index (χ0n) is 6.76. The summed E-state index contributed by atoms with van der Waals surface area (Å²) < 4.78 is 5.00. The predicted molar refractivity (Wildman–Crippen MR) is 40.6 cm³/mol. The monoisotopic (exact) mass is 142 g/mol. The second-order valence-corrected chi connectivity index (χ2v) is 2.64. The fourth-order valence-electron chi connectivity index (χ4n) is 0.392. The Morgan fingerprint density at radius 3 is 2.60 bits per heavy atom. The zero-order chi connectivity index (χ0) is 7.98. The molecule has 0 aromatic heterocycles. The average molecular weight is 142 g/mol. The predicted octanol–water partition coefficient (Wildman–Crippen LogP) is 1.76. The summed E-state index contributed by atoms with van der Waals surface area (Å²) in [7, 11) is 0. The molecule has 0 aliphatic carbocycles. The highest BCUT2D eigenvalue weighted by Crippen LogP contribution is 1.92. The Balaban J connectivity index is 3.27. The number of carbonyl (C=O) groups is 1. The summed E-state index contributed by atoms with van der Waals surface area (Å²) in [5.74, 6) is 0.528.